The van der Waals surface area contributed by atoms with Gasteiger partial charge in [0, 0.05) is 12.2 Å². The summed E-state index contributed by atoms with van der Waals surface area (Å²) in [6.45, 7) is -0.489. The van der Waals surface area contributed by atoms with E-state index < -0.39 is 47.9 Å². The molecule has 3 rings (SSSR count). The number of nitro benzene ring substituents is 1. The third-order valence-corrected chi connectivity index (χ3v) is 4.97. The summed E-state index contributed by atoms with van der Waals surface area (Å²) in [5.74, 6) is -2.26. The van der Waals surface area contributed by atoms with Crippen LogP contribution < -0.4 is 14.8 Å². The number of carbonyl (C=O) groups is 4. The van der Waals surface area contributed by atoms with Crippen LogP contribution in [-0.4, -0.2) is 48.1 Å². The predicted octanol–water partition coefficient (Wildman–Crippen LogP) is 2.35. The van der Waals surface area contributed by atoms with Gasteiger partial charge in [0.2, 0.25) is 0 Å². The Morgan fingerprint density at radius 2 is 1.64 bits per heavy atom. The molecular weight excluding hydrogens is 478 g/mol. The van der Waals surface area contributed by atoms with Crippen LogP contribution in [0.3, 0.4) is 0 Å². The number of nitrogens with one attached hydrogen (secondary N) is 1. The monoisotopic (exact) mass is 499 g/mol. The number of hydrogen-bond acceptors (Lipinski definition) is 10. The first-order chi connectivity index (χ1) is 17.2. The zero-order valence-electron chi connectivity index (χ0n) is 19.2. The lowest BCUT2D eigenvalue weighted by molar-refractivity contribution is -0.385. The average molecular weight is 499 g/mol. The molecule has 36 heavy (non-hydrogen) atoms. The van der Waals surface area contributed by atoms with Crippen molar-refractivity contribution in [2.45, 2.75) is 19.1 Å². The van der Waals surface area contributed by atoms with Crippen LogP contribution in [0.25, 0.3) is 0 Å². The van der Waals surface area contributed by atoms with Crippen molar-refractivity contribution in [1.82, 2.24) is 10.4 Å². The average Bonchev–Trinajstić information content (AvgIpc) is 3.18. The first kappa shape index (κ1) is 25.7. The van der Waals surface area contributed by atoms with Crippen LogP contribution >= 0.6 is 0 Å². The van der Waals surface area contributed by atoms with Gasteiger partial charge in [-0.2, -0.15) is 0 Å². The van der Waals surface area contributed by atoms with E-state index in [1.807, 2.05) is 0 Å². The highest BCUT2D eigenvalue weighted by Crippen LogP contribution is 2.34. The molecule has 0 spiro atoms. The first-order valence-electron chi connectivity index (χ1n) is 10.4. The number of imide groups is 1. The van der Waals surface area contributed by atoms with Gasteiger partial charge in [0.05, 0.1) is 43.2 Å². The molecule has 1 unspecified atom stereocenters. The smallest absolute Gasteiger partial charge is 0.407 e. The van der Waals surface area contributed by atoms with E-state index in [0.717, 1.165) is 18.2 Å². The van der Waals surface area contributed by atoms with Gasteiger partial charge in [-0.25, -0.2) is 9.59 Å². The lowest BCUT2D eigenvalue weighted by atomic mass is 10.0. The van der Waals surface area contributed by atoms with Crippen molar-refractivity contribution in [1.29, 1.82) is 0 Å². The molecule has 2 aromatic carbocycles. The summed E-state index contributed by atoms with van der Waals surface area (Å²) < 4.78 is 15.4. The van der Waals surface area contributed by atoms with Crippen molar-refractivity contribution in [2.75, 3.05) is 14.2 Å². The number of nitrogens with zero attached hydrogens (tertiary/aromatic N) is 2. The molecule has 0 saturated carbocycles. The molecule has 1 N–H and O–H groups in total. The molecular formula is C23H21N3O10. The predicted molar refractivity (Wildman–Crippen MR) is 120 cm³/mol. The molecule has 1 aliphatic heterocycles. The standard InChI is InChI=1S/C23H21N3O10/c1-33-18-10-15(17(26(31)32)12-19(18)34-2)13-35-23(30)24-16(14-6-4-3-5-7-14)11-22(29)36-25-20(27)8-9-21(25)28/h3-10,12,16H,11,13H2,1-2H3,(H,24,30). The summed E-state index contributed by atoms with van der Waals surface area (Å²) in [6, 6.07) is 9.82. The highest BCUT2D eigenvalue weighted by atomic mass is 16.7. The molecule has 0 fully saturated rings. The zero-order valence-corrected chi connectivity index (χ0v) is 19.2. The number of hydrogen-bond donors (Lipinski definition) is 1. The van der Waals surface area contributed by atoms with E-state index in [4.69, 9.17) is 19.0 Å². The number of benzene rings is 2. The van der Waals surface area contributed by atoms with Crippen LogP contribution in [0.5, 0.6) is 11.5 Å². The van der Waals surface area contributed by atoms with Crippen LogP contribution in [0.15, 0.2) is 54.6 Å². The van der Waals surface area contributed by atoms with Gasteiger partial charge in [0.15, 0.2) is 11.5 Å². The second-order valence-corrected chi connectivity index (χ2v) is 7.25. The molecule has 13 heteroatoms. The Hall–Kier alpha value is -4.94. The second-order valence-electron chi connectivity index (χ2n) is 7.25. The van der Waals surface area contributed by atoms with Gasteiger partial charge in [0.25, 0.3) is 17.5 Å². The van der Waals surface area contributed by atoms with E-state index in [1.54, 1.807) is 30.3 Å². The van der Waals surface area contributed by atoms with Crippen LogP contribution in [-0.2, 0) is 30.6 Å². The molecule has 1 atom stereocenters. The van der Waals surface area contributed by atoms with Crippen LogP contribution in [0.4, 0.5) is 10.5 Å². The zero-order chi connectivity index (χ0) is 26.2. The highest BCUT2D eigenvalue weighted by molar-refractivity contribution is 6.12. The van der Waals surface area contributed by atoms with Crippen LogP contribution in [0.1, 0.15) is 23.6 Å². The number of rotatable bonds is 10. The lowest BCUT2D eigenvalue weighted by Gasteiger charge is -2.20. The van der Waals surface area contributed by atoms with Crippen molar-refractivity contribution in [3.05, 3.63) is 75.9 Å². The maximum atomic E-state index is 12.5. The SMILES string of the molecule is COc1cc(COC(=O)NC(CC(=O)ON2C(=O)C=CC2=O)c2ccccc2)c([N+](=O)[O-])cc1OC. The Bertz CT molecular complexity index is 1190. The van der Waals surface area contributed by atoms with Crippen LogP contribution in [0, 0.1) is 10.1 Å². The number of alkyl carbamates (subject to hydrolysis) is 1. The van der Waals surface area contributed by atoms with Gasteiger partial charge in [0.1, 0.15) is 6.61 Å². The lowest BCUT2D eigenvalue weighted by Crippen LogP contribution is -2.36. The fraction of sp³-hybridized carbons (Fsp3) is 0.217. The van der Waals surface area contributed by atoms with Crippen molar-refractivity contribution >= 4 is 29.6 Å². The molecule has 1 heterocycles. The Kier molecular flexibility index (Phi) is 8.18. The molecule has 0 aliphatic carbocycles. The van der Waals surface area contributed by atoms with Crippen molar-refractivity contribution < 1.29 is 43.1 Å². The molecule has 188 valence electrons. The minimum atomic E-state index is -0.990. The van der Waals surface area contributed by atoms with Gasteiger partial charge >= 0.3 is 12.1 Å². The summed E-state index contributed by atoms with van der Waals surface area (Å²) in [5.41, 5.74) is 0.194. The van der Waals surface area contributed by atoms with Gasteiger partial charge in [-0.15, -0.1) is 0 Å². The summed E-state index contributed by atoms with van der Waals surface area (Å²) in [5, 5.41) is 14.2. The number of amides is 3. The number of methoxy groups -OCH3 is 2. The normalized spacial score (nSPS) is 13.2. The molecule has 0 aromatic heterocycles. The van der Waals surface area contributed by atoms with E-state index in [-0.39, 0.29) is 22.7 Å². The summed E-state index contributed by atoms with van der Waals surface area (Å²) in [4.78, 5) is 63.8. The molecule has 1 aliphatic rings. The topological polar surface area (TPSA) is 164 Å². The number of hydroxylamine groups is 2. The van der Waals surface area contributed by atoms with Gasteiger partial charge in [-0.05, 0) is 11.6 Å². The molecule has 3 amide bonds. The van der Waals surface area contributed by atoms with Gasteiger partial charge < -0.3 is 24.4 Å². The van der Waals surface area contributed by atoms with E-state index in [0.29, 0.717) is 10.6 Å². The first-order valence-corrected chi connectivity index (χ1v) is 10.4. The summed E-state index contributed by atoms with van der Waals surface area (Å²) >= 11 is 0. The maximum absolute atomic E-state index is 12.5. The second kappa shape index (κ2) is 11.5. The fourth-order valence-electron chi connectivity index (χ4n) is 3.24. The third kappa shape index (κ3) is 6.14. The summed E-state index contributed by atoms with van der Waals surface area (Å²) in [6.07, 6.45) is 0.462. The van der Waals surface area contributed by atoms with Crippen molar-refractivity contribution in [3.63, 3.8) is 0 Å². The van der Waals surface area contributed by atoms with Crippen LogP contribution in [0.2, 0.25) is 0 Å². The third-order valence-electron chi connectivity index (χ3n) is 4.97. The Morgan fingerprint density at radius 1 is 1.03 bits per heavy atom. The maximum Gasteiger partial charge on any atom is 0.407 e. The molecule has 0 saturated heterocycles. The molecule has 0 radical (unpaired) electrons. The van der Waals surface area contributed by atoms with Gasteiger partial charge in [-0.1, -0.05) is 35.4 Å². The van der Waals surface area contributed by atoms with Crippen molar-refractivity contribution in [2.24, 2.45) is 0 Å². The van der Waals surface area contributed by atoms with Gasteiger partial charge in [-0.3, -0.25) is 19.7 Å². The minimum Gasteiger partial charge on any atom is -0.493 e. The fourth-order valence-corrected chi connectivity index (χ4v) is 3.24. The highest BCUT2D eigenvalue weighted by Gasteiger charge is 2.30. The number of ether oxygens (including phenoxy) is 3. The van der Waals surface area contributed by atoms with Crippen molar-refractivity contribution in [3.8, 4) is 11.5 Å². The summed E-state index contributed by atoms with van der Waals surface area (Å²) in [7, 11) is 2.68. The van der Waals surface area contributed by atoms with E-state index in [9.17, 15) is 29.3 Å². The molecule has 13 nitrogen and oxygen atoms in total. The minimum absolute atomic E-state index is 0.0435. The Morgan fingerprint density at radius 3 is 2.22 bits per heavy atom. The largest absolute Gasteiger partial charge is 0.493 e. The Labute approximate surface area is 204 Å². The van der Waals surface area contributed by atoms with E-state index in [2.05, 4.69) is 5.32 Å². The number of carbonyl (C=O) groups excluding carboxylic acids is 4. The molecule has 0 bridgehead atoms. The molecule has 2 aromatic rings. The van der Waals surface area contributed by atoms with E-state index >= 15 is 0 Å². The number of nitro groups is 1. The van der Waals surface area contributed by atoms with E-state index in [1.165, 1.54) is 20.3 Å². The Balaban J connectivity index is 1.71. The quantitative estimate of drug-likeness (QED) is 0.291.